The van der Waals surface area contributed by atoms with E-state index < -0.39 is 0 Å². The van der Waals surface area contributed by atoms with Crippen molar-refractivity contribution in [3.63, 3.8) is 0 Å². The minimum atomic E-state index is 0.330. The van der Waals surface area contributed by atoms with Gasteiger partial charge in [-0.25, -0.2) is 0 Å². The Labute approximate surface area is 122 Å². The van der Waals surface area contributed by atoms with Crippen LogP contribution in [0.4, 0.5) is 0 Å². The molecule has 0 spiro atoms. The van der Waals surface area contributed by atoms with Crippen molar-refractivity contribution >= 4 is 0 Å². The van der Waals surface area contributed by atoms with Gasteiger partial charge in [-0.05, 0) is 48.6 Å². The first kappa shape index (κ1) is 14.1. The van der Waals surface area contributed by atoms with Gasteiger partial charge in [-0.2, -0.15) is 0 Å². The number of fused-ring (bicyclic) bond motifs is 1. The summed E-state index contributed by atoms with van der Waals surface area (Å²) in [6.07, 6.45) is 4.08. The molecule has 2 heteroatoms. The van der Waals surface area contributed by atoms with Crippen molar-refractivity contribution in [3.05, 3.63) is 35.4 Å². The summed E-state index contributed by atoms with van der Waals surface area (Å²) in [6.45, 7) is 9.01. The third-order valence-electron chi connectivity index (χ3n) is 5.30. The molecule has 110 valence electrons. The molecule has 3 unspecified atom stereocenters. The smallest absolute Gasteiger partial charge is 0.0588 e. The fourth-order valence-electron chi connectivity index (χ4n) is 3.77. The highest BCUT2D eigenvalue weighted by Crippen LogP contribution is 2.43. The van der Waals surface area contributed by atoms with Crippen LogP contribution in [-0.4, -0.2) is 19.3 Å². The molecule has 0 amide bonds. The SMILES string of the molecule is CC1OCCC1CNC1c2ccccc2CCC1(C)C. The molecule has 1 saturated heterocycles. The summed E-state index contributed by atoms with van der Waals surface area (Å²) in [5.74, 6) is 0.667. The number of ether oxygens (including phenoxy) is 1. The molecule has 1 aromatic rings. The molecule has 20 heavy (non-hydrogen) atoms. The summed E-state index contributed by atoms with van der Waals surface area (Å²) in [5.41, 5.74) is 3.37. The standard InChI is InChI=1S/C18H27NO/c1-13-15(9-11-20-13)12-19-17-16-7-5-4-6-14(16)8-10-18(17,2)3/h4-7,13,15,17,19H,8-12H2,1-3H3. The molecule has 0 saturated carbocycles. The van der Waals surface area contributed by atoms with Crippen LogP contribution in [0.1, 0.15) is 50.8 Å². The Hall–Kier alpha value is -0.860. The zero-order chi connectivity index (χ0) is 14.2. The number of hydrogen-bond acceptors (Lipinski definition) is 2. The number of aryl methyl sites for hydroxylation is 1. The Morgan fingerprint density at radius 2 is 2.10 bits per heavy atom. The van der Waals surface area contributed by atoms with Crippen LogP contribution in [0, 0.1) is 11.3 Å². The number of hydrogen-bond donors (Lipinski definition) is 1. The second kappa shape index (κ2) is 5.50. The van der Waals surface area contributed by atoms with Gasteiger partial charge in [0.25, 0.3) is 0 Å². The van der Waals surface area contributed by atoms with Gasteiger partial charge in [-0.1, -0.05) is 38.1 Å². The minimum Gasteiger partial charge on any atom is -0.378 e. The van der Waals surface area contributed by atoms with E-state index in [2.05, 4.69) is 50.4 Å². The van der Waals surface area contributed by atoms with E-state index in [1.807, 2.05) is 0 Å². The largest absolute Gasteiger partial charge is 0.378 e. The van der Waals surface area contributed by atoms with Gasteiger partial charge in [0.15, 0.2) is 0 Å². The number of benzene rings is 1. The lowest BCUT2D eigenvalue weighted by atomic mass is 9.70. The van der Waals surface area contributed by atoms with E-state index in [1.165, 1.54) is 30.4 Å². The lowest BCUT2D eigenvalue weighted by molar-refractivity contribution is 0.101. The molecular formula is C18H27NO. The Morgan fingerprint density at radius 1 is 1.30 bits per heavy atom. The third kappa shape index (κ3) is 2.64. The highest BCUT2D eigenvalue weighted by atomic mass is 16.5. The maximum absolute atomic E-state index is 5.69. The normalized spacial score (nSPS) is 32.0. The summed E-state index contributed by atoms with van der Waals surface area (Å²) in [5, 5.41) is 3.86. The van der Waals surface area contributed by atoms with Crippen molar-refractivity contribution in [1.82, 2.24) is 5.32 Å². The highest BCUT2D eigenvalue weighted by molar-refractivity contribution is 5.34. The van der Waals surface area contributed by atoms with E-state index >= 15 is 0 Å². The summed E-state index contributed by atoms with van der Waals surface area (Å²) in [6, 6.07) is 9.42. The third-order valence-corrected chi connectivity index (χ3v) is 5.30. The summed E-state index contributed by atoms with van der Waals surface area (Å²) >= 11 is 0. The fourth-order valence-corrected chi connectivity index (χ4v) is 3.77. The van der Waals surface area contributed by atoms with Crippen molar-refractivity contribution in [2.24, 2.45) is 11.3 Å². The zero-order valence-electron chi connectivity index (χ0n) is 13.0. The average Bonchev–Trinajstić information content (AvgIpc) is 2.83. The molecule has 2 aliphatic rings. The first-order chi connectivity index (χ1) is 9.58. The predicted molar refractivity (Wildman–Crippen MR) is 82.8 cm³/mol. The van der Waals surface area contributed by atoms with Crippen LogP contribution in [0.25, 0.3) is 0 Å². The Balaban J connectivity index is 1.76. The first-order valence-corrected chi connectivity index (χ1v) is 8.01. The molecule has 2 nitrogen and oxygen atoms in total. The Morgan fingerprint density at radius 3 is 2.85 bits per heavy atom. The van der Waals surface area contributed by atoms with Crippen LogP contribution in [0.2, 0.25) is 0 Å². The molecule has 0 radical (unpaired) electrons. The Kier molecular flexibility index (Phi) is 3.87. The Bertz CT molecular complexity index is 468. The van der Waals surface area contributed by atoms with E-state index in [0.29, 0.717) is 23.5 Å². The lowest BCUT2D eigenvalue weighted by Gasteiger charge is -2.41. The molecular weight excluding hydrogens is 246 g/mol. The van der Waals surface area contributed by atoms with Gasteiger partial charge in [0.1, 0.15) is 0 Å². The van der Waals surface area contributed by atoms with Gasteiger partial charge >= 0.3 is 0 Å². The fraction of sp³-hybridized carbons (Fsp3) is 0.667. The monoisotopic (exact) mass is 273 g/mol. The van der Waals surface area contributed by atoms with Gasteiger partial charge < -0.3 is 10.1 Å². The van der Waals surface area contributed by atoms with Crippen LogP contribution in [-0.2, 0) is 11.2 Å². The second-order valence-electron chi connectivity index (χ2n) is 7.15. The quantitative estimate of drug-likeness (QED) is 0.906. The zero-order valence-corrected chi connectivity index (χ0v) is 13.0. The van der Waals surface area contributed by atoms with Crippen LogP contribution in [0.15, 0.2) is 24.3 Å². The van der Waals surface area contributed by atoms with Gasteiger partial charge in [0.05, 0.1) is 6.10 Å². The molecule has 1 fully saturated rings. The van der Waals surface area contributed by atoms with Crippen molar-refractivity contribution in [1.29, 1.82) is 0 Å². The van der Waals surface area contributed by atoms with E-state index in [-0.39, 0.29) is 0 Å². The highest BCUT2D eigenvalue weighted by Gasteiger charge is 2.36. The van der Waals surface area contributed by atoms with Crippen LogP contribution < -0.4 is 5.32 Å². The van der Waals surface area contributed by atoms with Crippen molar-refractivity contribution in [2.75, 3.05) is 13.2 Å². The molecule has 1 heterocycles. The average molecular weight is 273 g/mol. The number of rotatable bonds is 3. The van der Waals surface area contributed by atoms with Crippen molar-refractivity contribution in [3.8, 4) is 0 Å². The number of nitrogens with one attached hydrogen (secondary N) is 1. The molecule has 1 N–H and O–H groups in total. The van der Waals surface area contributed by atoms with Gasteiger partial charge in [0, 0.05) is 19.2 Å². The summed E-state index contributed by atoms with van der Waals surface area (Å²) < 4.78 is 5.69. The summed E-state index contributed by atoms with van der Waals surface area (Å²) in [4.78, 5) is 0. The van der Waals surface area contributed by atoms with Gasteiger partial charge in [-0.15, -0.1) is 0 Å². The molecule has 1 aromatic carbocycles. The van der Waals surface area contributed by atoms with Crippen LogP contribution in [0.3, 0.4) is 0 Å². The molecule has 3 rings (SSSR count). The maximum Gasteiger partial charge on any atom is 0.0588 e. The van der Waals surface area contributed by atoms with Crippen molar-refractivity contribution in [2.45, 2.75) is 52.2 Å². The van der Waals surface area contributed by atoms with E-state index in [0.717, 1.165) is 13.2 Å². The van der Waals surface area contributed by atoms with Crippen molar-refractivity contribution < 1.29 is 4.74 Å². The molecule has 3 atom stereocenters. The van der Waals surface area contributed by atoms with Crippen LogP contribution >= 0.6 is 0 Å². The lowest BCUT2D eigenvalue weighted by Crippen LogP contribution is -2.41. The molecule has 0 bridgehead atoms. The second-order valence-corrected chi connectivity index (χ2v) is 7.15. The molecule has 1 aliphatic carbocycles. The summed E-state index contributed by atoms with van der Waals surface area (Å²) in [7, 11) is 0. The maximum atomic E-state index is 5.69. The topological polar surface area (TPSA) is 21.3 Å². The van der Waals surface area contributed by atoms with E-state index in [4.69, 9.17) is 4.74 Å². The molecule has 0 aromatic heterocycles. The van der Waals surface area contributed by atoms with E-state index in [9.17, 15) is 0 Å². The first-order valence-electron chi connectivity index (χ1n) is 8.01. The van der Waals surface area contributed by atoms with Gasteiger partial charge in [-0.3, -0.25) is 0 Å². The van der Waals surface area contributed by atoms with Gasteiger partial charge in [0.2, 0.25) is 0 Å². The molecule has 1 aliphatic heterocycles. The predicted octanol–water partition coefficient (Wildman–Crippen LogP) is 3.71. The minimum absolute atomic E-state index is 0.330. The van der Waals surface area contributed by atoms with Crippen LogP contribution in [0.5, 0.6) is 0 Å². The van der Waals surface area contributed by atoms with E-state index in [1.54, 1.807) is 0 Å².